The molecule has 0 saturated carbocycles. The second-order valence-corrected chi connectivity index (χ2v) is 2.00. The van der Waals surface area contributed by atoms with Crippen molar-refractivity contribution < 1.29 is 20.1 Å². The van der Waals surface area contributed by atoms with E-state index in [-0.39, 0.29) is 18.0 Å². The number of carbonyl (C=O) groups is 1. The van der Waals surface area contributed by atoms with Crippen LogP contribution >= 0.6 is 0 Å². The van der Waals surface area contributed by atoms with Crippen molar-refractivity contribution in [3.8, 4) is 5.75 Å². The Morgan fingerprint density at radius 1 is 1.38 bits per heavy atom. The molecule has 0 atom stereocenters. The molecule has 0 aliphatic carbocycles. The molecule has 5 heteroatoms. The minimum absolute atomic E-state index is 0.0671. The van der Waals surface area contributed by atoms with Gasteiger partial charge in [-0.3, -0.25) is 0 Å². The summed E-state index contributed by atoms with van der Waals surface area (Å²) in [7, 11) is 0. The van der Waals surface area contributed by atoms with Gasteiger partial charge in [-0.15, -0.1) is 0 Å². The van der Waals surface area contributed by atoms with Gasteiger partial charge < -0.3 is 21.1 Å². The molecule has 0 radical (unpaired) electrons. The fourth-order valence-electron chi connectivity index (χ4n) is 0.654. The van der Waals surface area contributed by atoms with E-state index in [4.69, 9.17) is 15.3 Å². The first-order valence-electron chi connectivity index (χ1n) is 3.45. The highest BCUT2D eigenvalue weighted by molar-refractivity contribution is 5.90. The van der Waals surface area contributed by atoms with Gasteiger partial charge >= 0.3 is 5.97 Å². The molecular weight excluding hydrogens is 174 g/mol. The van der Waals surface area contributed by atoms with Crippen LogP contribution in [0.15, 0.2) is 24.3 Å². The number of aromatic carboxylic acids is 1. The second kappa shape index (κ2) is 5.99. The third-order valence-electron chi connectivity index (χ3n) is 1.13. The Hall–Kier alpha value is -1.59. The number of phenols is 1. The fraction of sp³-hybridized carbons (Fsp3) is 0.125. The highest BCUT2D eigenvalue weighted by atomic mass is 16.4. The molecule has 1 rings (SSSR count). The number of aliphatic hydroxyl groups excluding tert-OH is 1. The molecule has 0 bridgehead atoms. The Morgan fingerprint density at radius 2 is 1.85 bits per heavy atom. The van der Waals surface area contributed by atoms with Crippen LogP contribution < -0.4 is 5.73 Å². The summed E-state index contributed by atoms with van der Waals surface area (Å²) in [5.41, 5.74) is 4.34. The maximum absolute atomic E-state index is 10.3. The van der Waals surface area contributed by atoms with Gasteiger partial charge in [0.25, 0.3) is 0 Å². The molecule has 1 aromatic carbocycles. The van der Waals surface area contributed by atoms with Gasteiger partial charge in [0.15, 0.2) is 0 Å². The third-order valence-corrected chi connectivity index (χ3v) is 1.13. The average Bonchev–Trinajstić information content (AvgIpc) is 2.06. The van der Waals surface area contributed by atoms with Crippen molar-refractivity contribution in [1.29, 1.82) is 0 Å². The first-order valence-corrected chi connectivity index (χ1v) is 3.45. The van der Waals surface area contributed by atoms with Gasteiger partial charge in [-0.1, -0.05) is 12.1 Å². The first kappa shape index (κ1) is 11.4. The molecule has 0 heterocycles. The van der Waals surface area contributed by atoms with E-state index >= 15 is 0 Å². The van der Waals surface area contributed by atoms with Crippen LogP contribution in [0.4, 0.5) is 0 Å². The van der Waals surface area contributed by atoms with Gasteiger partial charge in [-0.2, -0.15) is 0 Å². The maximum atomic E-state index is 10.3. The normalized spacial score (nSPS) is 8.46. The number of rotatable bonds is 1. The molecule has 0 aromatic heterocycles. The first-order chi connectivity index (χ1) is 6.13. The predicted molar refractivity (Wildman–Crippen MR) is 46.3 cm³/mol. The van der Waals surface area contributed by atoms with Crippen LogP contribution in [0.1, 0.15) is 10.4 Å². The lowest BCUT2D eigenvalue weighted by molar-refractivity contribution is 0.0693. The Bertz CT molecular complexity index is 275. The number of nitrogens with two attached hydrogens (primary N) is 1. The Morgan fingerprint density at radius 3 is 2.15 bits per heavy atom. The summed E-state index contributed by atoms with van der Waals surface area (Å²) >= 11 is 0. The van der Waals surface area contributed by atoms with E-state index in [1.165, 1.54) is 12.1 Å². The molecular formula is C8H11NO4. The van der Waals surface area contributed by atoms with Gasteiger partial charge in [0, 0.05) is 0 Å². The van der Waals surface area contributed by atoms with E-state index < -0.39 is 5.97 Å². The number of carboxylic acid groups (broad SMARTS) is 1. The van der Waals surface area contributed by atoms with Gasteiger partial charge in [0.1, 0.15) is 11.3 Å². The number of carboxylic acids is 1. The van der Waals surface area contributed by atoms with Crippen molar-refractivity contribution in [2.75, 3.05) is 6.73 Å². The van der Waals surface area contributed by atoms with Crippen molar-refractivity contribution >= 4 is 5.97 Å². The highest BCUT2D eigenvalue weighted by Gasteiger charge is 2.05. The van der Waals surface area contributed by atoms with Gasteiger partial charge in [0.05, 0.1) is 6.73 Å². The molecule has 72 valence electrons. The number of aromatic hydroxyl groups is 1. The summed E-state index contributed by atoms with van der Waals surface area (Å²) in [5, 5.41) is 24.7. The molecule has 0 aliphatic rings. The van der Waals surface area contributed by atoms with Crippen LogP contribution in [-0.2, 0) is 0 Å². The van der Waals surface area contributed by atoms with Crippen LogP contribution in [-0.4, -0.2) is 28.0 Å². The van der Waals surface area contributed by atoms with Crippen LogP contribution in [0, 0.1) is 0 Å². The zero-order valence-electron chi connectivity index (χ0n) is 6.84. The van der Waals surface area contributed by atoms with Crippen LogP contribution in [0.25, 0.3) is 0 Å². The number of aliphatic hydroxyl groups is 1. The van der Waals surface area contributed by atoms with Gasteiger partial charge in [-0.05, 0) is 12.1 Å². The molecule has 13 heavy (non-hydrogen) atoms. The van der Waals surface area contributed by atoms with Gasteiger partial charge in [0.2, 0.25) is 0 Å². The number of benzene rings is 1. The summed E-state index contributed by atoms with van der Waals surface area (Å²) in [6.07, 6.45) is 0. The van der Waals surface area contributed by atoms with E-state index in [1.807, 2.05) is 0 Å². The average molecular weight is 185 g/mol. The zero-order valence-corrected chi connectivity index (χ0v) is 6.84. The molecule has 5 N–H and O–H groups in total. The molecule has 0 amide bonds. The predicted octanol–water partition coefficient (Wildman–Crippen LogP) is -0.0147. The maximum Gasteiger partial charge on any atom is 0.339 e. The quantitative estimate of drug-likeness (QED) is 0.460. The minimum Gasteiger partial charge on any atom is -0.507 e. The van der Waals surface area contributed by atoms with E-state index in [2.05, 4.69) is 5.73 Å². The fourth-order valence-corrected chi connectivity index (χ4v) is 0.654. The standard InChI is InChI=1S/C7H6O3.CH5NO/c8-6-4-2-1-3-5(6)7(9)10;2-1-3/h1-4,8H,(H,9,10);3H,1-2H2. The summed E-state index contributed by atoms with van der Waals surface area (Å²) in [4.78, 5) is 10.3. The monoisotopic (exact) mass is 185 g/mol. The van der Waals surface area contributed by atoms with E-state index in [9.17, 15) is 4.79 Å². The lowest BCUT2D eigenvalue weighted by Gasteiger charge is -1.95. The van der Waals surface area contributed by atoms with Crippen molar-refractivity contribution in [2.24, 2.45) is 5.73 Å². The zero-order chi connectivity index (χ0) is 10.3. The summed E-state index contributed by atoms with van der Waals surface area (Å²) in [6, 6.07) is 5.81. The topological polar surface area (TPSA) is 104 Å². The third kappa shape index (κ3) is 4.09. The Balaban J connectivity index is 0.000000424. The second-order valence-electron chi connectivity index (χ2n) is 2.00. The van der Waals surface area contributed by atoms with Crippen LogP contribution in [0.2, 0.25) is 0 Å². The smallest absolute Gasteiger partial charge is 0.339 e. The summed E-state index contributed by atoms with van der Waals surface area (Å²) < 4.78 is 0. The molecule has 0 fully saturated rings. The number of hydrogen-bond donors (Lipinski definition) is 4. The van der Waals surface area contributed by atoms with Crippen molar-refractivity contribution in [2.45, 2.75) is 0 Å². The van der Waals surface area contributed by atoms with Crippen molar-refractivity contribution in [1.82, 2.24) is 0 Å². The number of para-hydroxylation sites is 1. The van der Waals surface area contributed by atoms with Crippen LogP contribution in [0.3, 0.4) is 0 Å². The minimum atomic E-state index is -1.11. The lowest BCUT2D eigenvalue weighted by atomic mass is 10.2. The molecule has 0 aliphatic heterocycles. The molecule has 0 saturated heterocycles. The molecule has 0 unspecified atom stereocenters. The summed E-state index contributed by atoms with van der Waals surface area (Å²) in [5.74, 6) is -1.31. The molecule has 1 aromatic rings. The van der Waals surface area contributed by atoms with Crippen molar-refractivity contribution in [3.63, 3.8) is 0 Å². The van der Waals surface area contributed by atoms with Gasteiger partial charge in [-0.25, -0.2) is 4.79 Å². The lowest BCUT2D eigenvalue weighted by Crippen LogP contribution is -1.95. The van der Waals surface area contributed by atoms with E-state index in [0.29, 0.717) is 0 Å². The van der Waals surface area contributed by atoms with Crippen LogP contribution in [0.5, 0.6) is 5.75 Å². The highest BCUT2D eigenvalue weighted by Crippen LogP contribution is 2.14. The number of hydrogen-bond acceptors (Lipinski definition) is 4. The Kier molecular flexibility index (Phi) is 5.25. The molecule has 0 spiro atoms. The molecule has 5 nitrogen and oxygen atoms in total. The van der Waals surface area contributed by atoms with Crippen molar-refractivity contribution in [3.05, 3.63) is 29.8 Å². The SMILES string of the molecule is NCO.O=C(O)c1ccccc1O. The summed E-state index contributed by atoms with van der Waals surface area (Å²) in [6.45, 7) is -0.250. The van der Waals surface area contributed by atoms with E-state index in [0.717, 1.165) is 0 Å². The Labute approximate surface area is 75.1 Å². The van der Waals surface area contributed by atoms with E-state index in [1.54, 1.807) is 12.1 Å². The largest absolute Gasteiger partial charge is 0.507 e.